The van der Waals surface area contributed by atoms with Crippen molar-refractivity contribution in [1.29, 1.82) is 0 Å². The minimum Gasteiger partial charge on any atom is -0.334 e. The number of likely N-dealkylation sites (tertiary alicyclic amines) is 1. The zero-order chi connectivity index (χ0) is 18.8. The monoisotopic (exact) mass is 366 g/mol. The Kier molecular flexibility index (Phi) is 5.30. The van der Waals surface area contributed by atoms with Crippen molar-refractivity contribution in [3.05, 3.63) is 53.3 Å². The second-order valence-corrected chi connectivity index (χ2v) is 8.13. The zero-order valence-electron chi connectivity index (χ0n) is 16.5. The van der Waals surface area contributed by atoms with E-state index in [2.05, 4.69) is 53.8 Å². The average Bonchev–Trinajstić information content (AvgIpc) is 3.07. The molecule has 5 nitrogen and oxygen atoms in total. The lowest BCUT2D eigenvalue weighted by Crippen LogP contribution is -2.50. The second-order valence-electron chi connectivity index (χ2n) is 8.13. The third-order valence-corrected chi connectivity index (χ3v) is 6.12. The van der Waals surface area contributed by atoms with Crippen molar-refractivity contribution < 1.29 is 4.79 Å². The Morgan fingerprint density at radius 3 is 2.59 bits per heavy atom. The van der Waals surface area contributed by atoms with Gasteiger partial charge in [-0.15, -0.1) is 0 Å². The molecule has 2 aromatic rings. The van der Waals surface area contributed by atoms with E-state index in [-0.39, 0.29) is 5.91 Å². The molecule has 1 aromatic carbocycles. The smallest absolute Gasteiger partial charge is 0.237 e. The molecule has 0 N–H and O–H groups in total. The zero-order valence-corrected chi connectivity index (χ0v) is 16.5. The van der Waals surface area contributed by atoms with Crippen molar-refractivity contribution in [2.24, 2.45) is 0 Å². The number of carbonyl (C=O) groups is 1. The van der Waals surface area contributed by atoms with Crippen LogP contribution in [0.3, 0.4) is 0 Å². The van der Waals surface area contributed by atoms with Crippen LogP contribution in [0.15, 0.2) is 36.4 Å². The number of hydrogen-bond acceptors (Lipinski definition) is 3. The van der Waals surface area contributed by atoms with Crippen molar-refractivity contribution in [2.45, 2.75) is 64.7 Å². The fourth-order valence-electron chi connectivity index (χ4n) is 4.47. The standard InChI is InChI=1S/C22H30N4O/c1-17-7-6-8-18(2)25(17)16-22(27)24-11-12-26-21(15-24)14-20(23-26)13-19-9-4-3-5-10-19/h3-5,9-10,14,17-18H,6-8,11-13,15-16H2,1-2H3/t17-,18+. The third kappa shape index (κ3) is 4.08. The third-order valence-electron chi connectivity index (χ3n) is 6.12. The van der Waals surface area contributed by atoms with Crippen molar-refractivity contribution in [3.63, 3.8) is 0 Å². The van der Waals surface area contributed by atoms with Gasteiger partial charge in [0.15, 0.2) is 0 Å². The highest BCUT2D eigenvalue weighted by Gasteiger charge is 2.29. The molecule has 2 aliphatic heterocycles. The number of carbonyl (C=O) groups excluding carboxylic acids is 1. The molecule has 0 radical (unpaired) electrons. The maximum Gasteiger partial charge on any atom is 0.237 e. The van der Waals surface area contributed by atoms with Crippen LogP contribution >= 0.6 is 0 Å². The second kappa shape index (κ2) is 7.85. The largest absolute Gasteiger partial charge is 0.334 e. The maximum absolute atomic E-state index is 12.9. The molecule has 0 aliphatic carbocycles. The summed E-state index contributed by atoms with van der Waals surface area (Å²) in [6, 6.07) is 13.6. The summed E-state index contributed by atoms with van der Waals surface area (Å²) >= 11 is 0. The van der Waals surface area contributed by atoms with E-state index in [1.165, 1.54) is 24.8 Å². The van der Waals surface area contributed by atoms with Crippen molar-refractivity contribution in [1.82, 2.24) is 19.6 Å². The quantitative estimate of drug-likeness (QED) is 0.835. The van der Waals surface area contributed by atoms with E-state index in [0.717, 1.165) is 30.9 Å². The van der Waals surface area contributed by atoms with Gasteiger partial charge in [-0.3, -0.25) is 14.4 Å². The van der Waals surface area contributed by atoms with E-state index < -0.39 is 0 Å². The fourth-order valence-corrected chi connectivity index (χ4v) is 4.47. The SMILES string of the molecule is C[C@@H]1CCC[C@H](C)N1CC(=O)N1CCn2nc(Cc3ccccc3)cc2C1. The summed E-state index contributed by atoms with van der Waals surface area (Å²) in [4.78, 5) is 17.3. The molecular weight excluding hydrogens is 336 g/mol. The van der Waals surface area contributed by atoms with Gasteiger partial charge >= 0.3 is 0 Å². The van der Waals surface area contributed by atoms with E-state index in [0.29, 0.717) is 25.2 Å². The molecule has 0 spiro atoms. The number of piperidine rings is 1. The maximum atomic E-state index is 12.9. The summed E-state index contributed by atoms with van der Waals surface area (Å²) < 4.78 is 2.08. The van der Waals surface area contributed by atoms with Crippen LogP contribution in [0.25, 0.3) is 0 Å². The van der Waals surface area contributed by atoms with Crippen molar-refractivity contribution in [3.8, 4) is 0 Å². The van der Waals surface area contributed by atoms with Crippen molar-refractivity contribution in [2.75, 3.05) is 13.1 Å². The summed E-state index contributed by atoms with van der Waals surface area (Å²) in [5.74, 6) is 0.257. The molecule has 5 heteroatoms. The van der Waals surface area contributed by atoms with Gasteiger partial charge in [0.1, 0.15) is 0 Å². The highest BCUT2D eigenvalue weighted by Crippen LogP contribution is 2.23. The van der Waals surface area contributed by atoms with Crippen LogP contribution in [0, 0.1) is 0 Å². The molecule has 0 bridgehead atoms. The van der Waals surface area contributed by atoms with E-state index in [9.17, 15) is 4.79 Å². The van der Waals surface area contributed by atoms with Gasteiger partial charge in [0.05, 0.1) is 31.0 Å². The Morgan fingerprint density at radius 2 is 1.85 bits per heavy atom. The summed E-state index contributed by atoms with van der Waals surface area (Å²) in [7, 11) is 0. The van der Waals surface area contributed by atoms with E-state index >= 15 is 0 Å². The van der Waals surface area contributed by atoms with Gasteiger partial charge in [-0.05, 0) is 38.3 Å². The van der Waals surface area contributed by atoms with Crippen LogP contribution < -0.4 is 0 Å². The van der Waals surface area contributed by atoms with Gasteiger partial charge in [0.25, 0.3) is 0 Å². The number of rotatable bonds is 4. The molecule has 0 saturated carbocycles. The Labute approximate surface area is 162 Å². The fraction of sp³-hybridized carbons (Fsp3) is 0.545. The Hall–Kier alpha value is -2.14. The van der Waals surface area contributed by atoms with Crippen LogP contribution in [-0.4, -0.2) is 50.7 Å². The minimum atomic E-state index is 0.257. The molecule has 3 heterocycles. The highest BCUT2D eigenvalue weighted by molar-refractivity contribution is 5.78. The first-order valence-electron chi connectivity index (χ1n) is 10.2. The summed E-state index contributed by atoms with van der Waals surface area (Å²) in [6.45, 7) is 7.29. The molecule has 4 rings (SSSR count). The summed E-state index contributed by atoms with van der Waals surface area (Å²) in [5, 5.41) is 4.75. The lowest BCUT2D eigenvalue weighted by atomic mass is 9.97. The number of hydrogen-bond donors (Lipinski definition) is 0. The lowest BCUT2D eigenvalue weighted by Gasteiger charge is -2.40. The first-order valence-corrected chi connectivity index (χ1v) is 10.2. The van der Waals surface area contributed by atoms with Crippen molar-refractivity contribution >= 4 is 5.91 Å². The van der Waals surface area contributed by atoms with Crippen LogP contribution in [0.2, 0.25) is 0 Å². The summed E-state index contributed by atoms with van der Waals surface area (Å²) in [6.07, 6.45) is 4.53. The molecule has 1 aromatic heterocycles. The van der Waals surface area contributed by atoms with Gasteiger partial charge in [-0.25, -0.2) is 0 Å². The van der Waals surface area contributed by atoms with E-state index in [1.807, 2.05) is 11.0 Å². The van der Waals surface area contributed by atoms with E-state index in [1.54, 1.807) is 0 Å². The topological polar surface area (TPSA) is 41.4 Å². The number of benzene rings is 1. The van der Waals surface area contributed by atoms with Crippen LogP contribution in [0.1, 0.15) is 50.1 Å². The highest BCUT2D eigenvalue weighted by atomic mass is 16.2. The number of aromatic nitrogens is 2. The van der Waals surface area contributed by atoms with Gasteiger partial charge in [0.2, 0.25) is 5.91 Å². The molecule has 144 valence electrons. The first kappa shape index (κ1) is 18.2. The Morgan fingerprint density at radius 1 is 1.11 bits per heavy atom. The predicted octanol–water partition coefficient (Wildman–Crippen LogP) is 3.08. The lowest BCUT2D eigenvalue weighted by molar-refractivity contribution is -0.135. The van der Waals surface area contributed by atoms with Crippen LogP contribution in [0.4, 0.5) is 0 Å². The van der Waals surface area contributed by atoms with Gasteiger partial charge < -0.3 is 4.90 Å². The Bertz CT molecular complexity index is 775. The minimum absolute atomic E-state index is 0.257. The van der Waals surface area contributed by atoms with Crippen LogP contribution in [0.5, 0.6) is 0 Å². The number of fused-ring (bicyclic) bond motifs is 1. The summed E-state index contributed by atoms with van der Waals surface area (Å²) in [5.41, 5.74) is 3.51. The molecule has 2 atom stereocenters. The number of nitrogens with zero attached hydrogens (tertiary/aromatic N) is 4. The van der Waals surface area contributed by atoms with Crippen LogP contribution in [-0.2, 0) is 24.3 Å². The molecule has 0 unspecified atom stereocenters. The molecule has 1 saturated heterocycles. The molecule has 1 fully saturated rings. The van der Waals surface area contributed by atoms with E-state index in [4.69, 9.17) is 5.10 Å². The Balaban J connectivity index is 1.40. The van der Waals surface area contributed by atoms with Gasteiger partial charge in [-0.1, -0.05) is 36.8 Å². The normalized spacial score (nSPS) is 23.3. The average molecular weight is 367 g/mol. The molecule has 1 amide bonds. The predicted molar refractivity (Wildman–Crippen MR) is 106 cm³/mol. The number of amides is 1. The molecular formula is C22H30N4O. The molecule has 27 heavy (non-hydrogen) atoms. The van der Waals surface area contributed by atoms with Gasteiger partial charge in [0, 0.05) is 25.0 Å². The first-order chi connectivity index (χ1) is 13.1. The van der Waals surface area contributed by atoms with Gasteiger partial charge in [-0.2, -0.15) is 5.10 Å². The molecule has 2 aliphatic rings.